The summed E-state index contributed by atoms with van der Waals surface area (Å²) in [6, 6.07) is 9.40. The van der Waals surface area contributed by atoms with Crippen LogP contribution in [-0.4, -0.2) is 87.3 Å². The van der Waals surface area contributed by atoms with Crippen LogP contribution in [0.4, 0.5) is 0 Å². The molecule has 0 aromatic heterocycles. The number of methoxy groups -OCH3 is 3. The number of hydrogen-bond donors (Lipinski definition) is 0. The van der Waals surface area contributed by atoms with Gasteiger partial charge in [-0.2, -0.15) is 0 Å². The number of esters is 2. The van der Waals surface area contributed by atoms with Crippen molar-refractivity contribution < 1.29 is 33.3 Å². The third kappa shape index (κ3) is 3.36. The lowest BCUT2D eigenvalue weighted by molar-refractivity contribution is -0.276. The number of ether oxygens (including phenoxy) is 5. The van der Waals surface area contributed by atoms with Crippen LogP contribution in [0.25, 0.3) is 0 Å². The van der Waals surface area contributed by atoms with Crippen LogP contribution in [0.3, 0.4) is 0 Å². The van der Waals surface area contributed by atoms with Crippen molar-refractivity contribution in [1.29, 1.82) is 0 Å². The van der Waals surface area contributed by atoms with Gasteiger partial charge in [-0.3, -0.25) is 9.69 Å². The number of nitrogens with zero attached hydrogens (tertiary/aromatic N) is 1. The predicted molar refractivity (Wildman–Crippen MR) is 150 cm³/mol. The molecule has 1 aromatic carbocycles. The Labute approximate surface area is 243 Å². The van der Waals surface area contributed by atoms with Gasteiger partial charge < -0.3 is 23.7 Å². The van der Waals surface area contributed by atoms with E-state index in [1.54, 1.807) is 7.11 Å². The molecule has 1 spiro atoms. The Hall–Kier alpha value is -2.00. The minimum atomic E-state index is -0.676. The van der Waals surface area contributed by atoms with Crippen molar-refractivity contribution in [2.24, 2.45) is 40.4 Å². The Bertz CT molecular complexity index is 1210. The first-order valence-electron chi connectivity index (χ1n) is 15.5. The molecule has 5 saturated carbocycles. The fourth-order valence-electron chi connectivity index (χ4n) is 12.0. The third-order valence-electron chi connectivity index (χ3n) is 12.7. The van der Waals surface area contributed by atoms with Gasteiger partial charge in [-0.05, 0) is 49.3 Å². The summed E-state index contributed by atoms with van der Waals surface area (Å²) in [4.78, 5) is 29.1. The van der Waals surface area contributed by atoms with Crippen LogP contribution < -0.4 is 0 Å². The Kier molecular flexibility index (Phi) is 6.44. The number of rotatable bonds is 7. The average molecular weight is 568 g/mol. The number of piperidine rings is 1. The first kappa shape index (κ1) is 27.8. The zero-order chi connectivity index (χ0) is 28.9. The topological polar surface area (TPSA) is 83.5 Å². The molecule has 8 heteroatoms. The molecular weight excluding hydrogens is 522 g/mol. The summed E-state index contributed by atoms with van der Waals surface area (Å²) >= 11 is 0. The molecule has 224 valence electrons. The minimum absolute atomic E-state index is 0.0219. The molecule has 13 atom stereocenters. The molecule has 1 aromatic rings. The number of carbonyl (C=O) groups is 2. The highest BCUT2D eigenvalue weighted by molar-refractivity contribution is 5.89. The zero-order valence-corrected chi connectivity index (χ0v) is 25.2. The monoisotopic (exact) mass is 567 g/mol. The van der Waals surface area contributed by atoms with Gasteiger partial charge in [0.25, 0.3) is 0 Å². The standard InChI is InChI=1S/C33H45NO7/c1-7-34-17-31(3)14-13-23(38-5)33-21-15-20-22(37-4)16-32(39-6,25(29(33)34)27(28(31)33)40-18(2)35)24(21)26(20)41-30(36)19-11-9-8-10-12-19/h8-12,20-29H,7,13-17H2,1-6H3/t20-,21-,22+,23+,24-,25+,26+,27-,28-,29-,31+,32-,33+/m1/s1. The summed E-state index contributed by atoms with van der Waals surface area (Å²) in [5.74, 6) is -0.304. The number of hydrogen-bond acceptors (Lipinski definition) is 8. The van der Waals surface area contributed by atoms with Gasteiger partial charge in [-0.1, -0.05) is 32.0 Å². The van der Waals surface area contributed by atoms with Gasteiger partial charge in [-0.25, -0.2) is 4.79 Å². The second-order valence-electron chi connectivity index (χ2n) is 13.9. The van der Waals surface area contributed by atoms with Crippen LogP contribution in [0.5, 0.6) is 0 Å². The van der Waals surface area contributed by atoms with Gasteiger partial charge in [0, 0.05) is 76.3 Å². The molecule has 41 heavy (non-hydrogen) atoms. The quantitative estimate of drug-likeness (QED) is 0.458. The van der Waals surface area contributed by atoms with E-state index in [9.17, 15) is 9.59 Å². The molecule has 0 amide bonds. The molecule has 6 fully saturated rings. The van der Waals surface area contributed by atoms with Gasteiger partial charge in [-0.15, -0.1) is 0 Å². The molecule has 1 heterocycles. The number of fused-ring (bicyclic) bond motifs is 2. The lowest BCUT2D eigenvalue weighted by atomic mass is 9.43. The first-order valence-corrected chi connectivity index (χ1v) is 15.5. The first-order chi connectivity index (χ1) is 19.7. The smallest absolute Gasteiger partial charge is 0.338 e. The van der Waals surface area contributed by atoms with E-state index in [0.29, 0.717) is 12.0 Å². The van der Waals surface area contributed by atoms with Crippen molar-refractivity contribution in [1.82, 2.24) is 4.90 Å². The van der Waals surface area contributed by atoms with E-state index in [4.69, 9.17) is 23.7 Å². The Morgan fingerprint density at radius 3 is 2.41 bits per heavy atom. The van der Waals surface area contributed by atoms with Gasteiger partial charge in [0.1, 0.15) is 12.2 Å². The fourth-order valence-corrected chi connectivity index (χ4v) is 12.0. The number of carbonyl (C=O) groups excluding carboxylic acids is 2. The lowest BCUT2D eigenvalue weighted by Crippen LogP contribution is -2.76. The normalized spacial score (nSPS) is 49.0. The van der Waals surface area contributed by atoms with Crippen molar-refractivity contribution in [3.8, 4) is 0 Å². The van der Waals surface area contributed by atoms with Crippen LogP contribution in [0.1, 0.15) is 56.8 Å². The molecule has 1 saturated heterocycles. The maximum Gasteiger partial charge on any atom is 0.338 e. The molecule has 0 unspecified atom stereocenters. The highest BCUT2D eigenvalue weighted by Gasteiger charge is 2.87. The molecule has 7 rings (SSSR count). The maximum absolute atomic E-state index is 13.6. The molecule has 0 N–H and O–H groups in total. The summed E-state index contributed by atoms with van der Waals surface area (Å²) in [7, 11) is 5.42. The lowest BCUT2D eigenvalue weighted by Gasteiger charge is -2.69. The molecular formula is C33H45NO7. The van der Waals surface area contributed by atoms with Gasteiger partial charge in [0.05, 0.1) is 23.4 Å². The largest absolute Gasteiger partial charge is 0.462 e. The Balaban J connectivity index is 1.45. The van der Waals surface area contributed by atoms with Gasteiger partial charge >= 0.3 is 11.9 Å². The molecule has 8 nitrogen and oxygen atoms in total. The van der Waals surface area contributed by atoms with Crippen molar-refractivity contribution in [3.05, 3.63) is 35.9 Å². The van der Waals surface area contributed by atoms with Crippen LogP contribution in [0.2, 0.25) is 0 Å². The zero-order valence-electron chi connectivity index (χ0n) is 25.2. The predicted octanol–water partition coefficient (Wildman–Crippen LogP) is 3.97. The number of likely N-dealkylation sites (tertiary alicyclic amines) is 1. The molecule has 1 aliphatic heterocycles. The van der Waals surface area contributed by atoms with E-state index in [0.717, 1.165) is 32.4 Å². The summed E-state index contributed by atoms with van der Waals surface area (Å²) in [5.41, 5.74) is -0.401. The summed E-state index contributed by atoms with van der Waals surface area (Å²) < 4.78 is 32.5. The van der Waals surface area contributed by atoms with E-state index in [1.165, 1.54) is 6.92 Å². The van der Waals surface area contributed by atoms with E-state index in [1.807, 2.05) is 44.6 Å². The third-order valence-corrected chi connectivity index (χ3v) is 12.7. The van der Waals surface area contributed by atoms with E-state index in [2.05, 4.69) is 18.7 Å². The second-order valence-corrected chi connectivity index (χ2v) is 13.9. The average Bonchev–Trinajstić information content (AvgIpc) is 3.38. The molecule has 0 radical (unpaired) electrons. The van der Waals surface area contributed by atoms with E-state index >= 15 is 0 Å². The van der Waals surface area contributed by atoms with Crippen molar-refractivity contribution >= 4 is 11.9 Å². The van der Waals surface area contributed by atoms with E-state index < -0.39 is 5.60 Å². The van der Waals surface area contributed by atoms with Gasteiger partial charge in [0.15, 0.2) is 0 Å². The summed E-state index contributed by atoms with van der Waals surface area (Å²) in [6.07, 6.45) is 2.80. The van der Waals surface area contributed by atoms with Crippen LogP contribution >= 0.6 is 0 Å². The fraction of sp³-hybridized carbons (Fsp3) is 0.758. The highest BCUT2D eigenvalue weighted by atomic mass is 16.6. The van der Waals surface area contributed by atoms with Crippen molar-refractivity contribution in [3.63, 3.8) is 0 Å². The number of benzene rings is 1. The molecule has 6 aliphatic rings. The highest BCUT2D eigenvalue weighted by Crippen LogP contribution is 2.80. The summed E-state index contributed by atoms with van der Waals surface area (Å²) in [6.45, 7) is 8.08. The van der Waals surface area contributed by atoms with E-state index in [-0.39, 0.29) is 82.8 Å². The van der Waals surface area contributed by atoms with Crippen LogP contribution in [0, 0.1) is 40.4 Å². The van der Waals surface area contributed by atoms with Crippen molar-refractivity contribution in [2.45, 2.75) is 82.5 Å². The van der Waals surface area contributed by atoms with Crippen LogP contribution in [-0.2, 0) is 28.5 Å². The molecule has 7 bridgehead atoms. The van der Waals surface area contributed by atoms with Gasteiger partial charge in [0.2, 0.25) is 0 Å². The maximum atomic E-state index is 13.6. The van der Waals surface area contributed by atoms with Crippen molar-refractivity contribution in [2.75, 3.05) is 34.4 Å². The Morgan fingerprint density at radius 1 is 1.02 bits per heavy atom. The minimum Gasteiger partial charge on any atom is -0.462 e. The Morgan fingerprint density at radius 2 is 1.78 bits per heavy atom. The molecule has 5 aliphatic carbocycles. The van der Waals surface area contributed by atoms with Crippen LogP contribution in [0.15, 0.2) is 30.3 Å². The summed E-state index contributed by atoms with van der Waals surface area (Å²) in [5, 5.41) is 0. The SMILES string of the molecule is CCN1C[C@]2(C)CC[C@H](OC)[C@@]34[C@@H]5C[C@H]6[C@H](OC(=O)c7ccccc7)[C@@H]5[C@](OC)(C[C@@H]6OC)[C@@H]([C@@H](OC(C)=O)[C@H]23)[C@@H]14. The second kappa shape index (κ2) is 9.50.